The van der Waals surface area contributed by atoms with Gasteiger partial charge in [0, 0.05) is 16.6 Å². The van der Waals surface area contributed by atoms with E-state index in [0.29, 0.717) is 6.61 Å². The molecule has 0 spiro atoms. The second kappa shape index (κ2) is 6.69. The molecule has 0 N–H and O–H groups in total. The lowest BCUT2D eigenvalue weighted by molar-refractivity contribution is 0.307. The summed E-state index contributed by atoms with van der Waals surface area (Å²) in [5, 5.41) is 1.13. The van der Waals surface area contributed by atoms with Gasteiger partial charge >= 0.3 is 0 Å². The highest BCUT2D eigenvalue weighted by molar-refractivity contribution is 8.46. The van der Waals surface area contributed by atoms with Gasteiger partial charge in [-0.05, 0) is 31.2 Å². The van der Waals surface area contributed by atoms with Crippen molar-refractivity contribution in [3.63, 3.8) is 0 Å². The number of para-hydroxylation sites is 1. The fourth-order valence-electron chi connectivity index (χ4n) is 2.32. The SMILES string of the molecule is Cc1cc(COc2ccc([S-](=S)=S)cc2)c2ccccc2n1. The first kappa shape index (κ1) is 15.3. The molecule has 0 amide bonds. The van der Waals surface area contributed by atoms with Crippen LogP contribution >= 0.6 is 0 Å². The van der Waals surface area contributed by atoms with Gasteiger partial charge in [-0.3, -0.25) is 27.4 Å². The van der Waals surface area contributed by atoms with E-state index in [-0.39, 0.29) is 0 Å². The summed E-state index contributed by atoms with van der Waals surface area (Å²) >= 11 is 10.2. The van der Waals surface area contributed by atoms with E-state index in [1.54, 1.807) is 0 Å². The lowest BCUT2D eigenvalue weighted by Crippen LogP contribution is -1.98. The summed E-state index contributed by atoms with van der Waals surface area (Å²) in [5.41, 5.74) is 3.13. The van der Waals surface area contributed by atoms with E-state index >= 15 is 0 Å². The minimum atomic E-state index is -0.546. The van der Waals surface area contributed by atoms with Crippen LogP contribution in [0.25, 0.3) is 10.9 Å². The third-order valence-electron chi connectivity index (χ3n) is 3.34. The number of benzene rings is 2. The average Bonchev–Trinajstić information content (AvgIpc) is 2.52. The molecule has 3 aromatic rings. The van der Waals surface area contributed by atoms with E-state index in [1.807, 2.05) is 49.4 Å². The Kier molecular flexibility index (Phi) is 4.66. The van der Waals surface area contributed by atoms with Gasteiger partial charge in [-0.2, -0.15) is 0 Å². The number of nitrogens with zero attached hydrogens (tertiary/aromatic N) is 1. The summed E-state index contributed by atoms with van der Waals surface area (Å²) in [5.74, 6) is 0.817. The first-order valence-electron chi connectivity index (χ1n) is 6.81. The van der Waals surface area contributed by atoms with Crippen LogP contribution in [0.4, 0.5) is 0 Å². The Hall–Kier alpha value is -1.56. The molecule has 0 atom stereocenters. The van der Waals surface area contributed by atoms with Crippen molar-refractivity contribution in [2.24, 2.45) is 0 Å². The Morgan fingerprint density at radius 2 is 1.77 bits per heavy atom. The number of aryl methyl sites for hydroxylation is 1. The Morgan fingerprint density at radius 3 is 2.50 bits per heavy atom. The predicted octanol–water partition coefficient (Wildman–Crippen LogP) is 4.02. The summed E-state index contributed by atoms with van der Waals surface area (Å²) < 4.78 is 5.90. The van der Waals surface area contributed by atoms with Crippen LogP contribution < -0.4 is 4.74 Å². The summed E-state index contributed by atoms with van der Waals surface area (Å²) in [6.07, 6.45) is 0. The topological polar surface area (TPSA) is 22.1 Å². The van der Waals surface area contributed by atoms with E-state index in [1.165, 1.54) is 0 Å². The molecule has 0 fully saturated rings. The van der Waals surface area contributed by atoms with Crippen molar-refractivity contribution in [1.29, 1.82) is 0 Å². The average molecular weight is 345 g/mol. The summed E-state index contributed by atoms with van der Waals surface area (Å²) in [4.78, 5) is 5.53. The van der Waals surface area contributed by atoms with E-state index in [4.69, 9.17) is 27.1 Å². The first-order chi connectivity index (χ1) is 10.6. The number of pyridine rings is 1. The molecule has 0 saturated heterocycles. The standard InChI is InChI=1S/C17H14NOS3/c1-12-10-13(16-4-2-3-5-17(16)18-12)11-19-14-6-8-15(9-7-14)22(20)21/h2-10H,11H2,1H3/q-1. The van der Waals surface area contributed by atoms with Crippen molar-refractivity contribution in [3.05, 3.63) is 65.9 Å². The Morgan fingerprint density at radius 1 is 1.05 bits per heavy atom. The third kappa shape index (κ3) is 3.43. The summed E-state index contributed by atoms with van der Waals surface area (Å²) in [6.45, 7) is 2.51. The van der Waals surface area contributed by atoms with Crippen molar-refractivity contribution in [3.8, 4) is 5.75 Å². The lowest BCUT2D eigenvalue weighted by Gasteiger charge is -2.11. The van der Waals surface area contributed by atoms with Gasteiger partial charge in [0.15, 0.2) is 0 Å². The molecule has 5 heteroatoms. The van der Waals surface area contributed by atoms with E-state index in [2.05, 4.69) is 17.1 Å². The van der Waals surface area contributed by atoms with E-state index < -0.39 is 8.01 Å². The maximum atomic E-state index is 5.90. The van der Waals surface area contributed by atoms with Gasteiger partial charge in [0.2, 0.25) is 0 Å². The number of rotatable bonds is 4. The van der Waals surface area contributed by atoms with Crippen molar-refractivity contribution in [2.75, 3.05) is 0 Å². The molecule has 0 unspecified atom stereocenters. The van der Waals surface area contributed by atoms with Crippen LogP contribution in [-0.2, 0) is 37.0 Å². The maximum Gasteiger partial charge on any atom is 0.119 e. The smallest absolute Gasteiger partial charge is 0.119 e. The van der Waals surface area contributed by atoms with Crippen LogP contribution in [0.3, 0.4) is 0 Å². The van der Waals surface area contributed by atoms with Gasteiger partial charge in [0.1, 0.15) is 12.4 Å². The van der Waals surface area contributed by atoms with Crippen LogP contribution in [0, 0.1) is 6.92 Å². The van der Waals surface area contributed by atoms with Gasteiger partial charge < -0.3 is 12.8 Å². The zero-order valence-electron chi connectivity index (χ0n) is 12.0. The molecule has 0 aliphatic rings. The molecule has 1 aromatic heterocycles. The summed E-state index contributed by atoms with van der Waals surface area (Å²) in [7, 11) is -0.546. The van der Waals surface area contributed by atoms with Crippen molar-refractivity contribution >= 4 is 41.3 Å². The van der Waals surface area contributed by atoms with Crippen LogP contribution in [-0.4, -0.2) is 4.98 Å². The Bertz CT molecular complexity index is 878. The first-order valence-corrected chi connectivity index (χ1v) is 9.88. The fraction of sp³-hybridized carbons (Fsp3) is 0.118. The minimum Gasteiger partial charge on any atom is -0.489 e. The molecule has 1 heterocycles. The molecule has 0 aliphatic heterocycles. The molecule has 0 radical (unpaired) electrons. The zero-order chi connectivity index (χ0) is 15.5. The van der Waals surface area contributed by atoms with Crippen LogP contribution in [0.2, 0.25) is 0 Å². The molecular weight excluding hydrogens is 330 g/mol. The number of fused-ring (bicyclic) bond motifs is 1. The van der Waals surface area contributed by atoms with Gasteiger partial charge in [-0.15, -0.1) is 4.90 Å². The Labute approximate surface area is 141 Å². The fourth-order valence-corrected chi connectivity index (χ4v) is 3.35. The second-order valence-electron chi connectivity index (χ2n) is 4.93. The molecule has 2 nitrogen and oxygen atoms in total. The number of aromatic nitrogens is 1. The quantitative estimate of drug-likeness (QED) is 0.667. The Balaban J connectivity index is 1.84. The third-order valence-corrected chi connectivity index (χ3v) is 5.15. The molecule has 22 heavy (non-hydrogen) atoms. The molecule has 0 aliphatic carbocycles. The largest absolute Gasteiger partial charge is 0.489 e. The molecule has 3 rings (SSSR count). The monoisotopic (exact) mass is 344 g/mol. The van der Waals surface area contributed by atoms with Crippen LogP contribution in [0.15, 0.2) is 59.5 Å². The molecule has 2 aromatic carbocycles. The number of hydrogen-bond donors (Lipinski definition) is 0. The predicted molar refractivity (Wildman–Crippen MR) is 97.6 cm³/mol. The molecule has 0 bridgehead atoms. The minimum absolute atomic E-state index is 0.511. The van der Waals surface area contributed by atoms with Gasteiger partial charge in [-0.1, -0.05) is 30.3 Å². The highest BCUT2D eigenvalue weighted by Crippen LogP contribution is 2.21. The zero-order valence-corrected chi connectivity index (χ0v) is 14.4. The van der Waals surface area contributed by atoms with E-state index in [9.17, 15) is 0 Å². The van der Waals surface area contributed by atoms with E-state index in [0.717, 1.165) is 32.8 Å². The molecular formula is C17H14NOS3-. The lowest BCUT2D eigenvalue weighted by atomic mass is 10.1. The van der Waals surface area contributed by atoms with Crippen LogP contribution in [0.1, 0.15) is 11.3 Å². The number of ether oxygens (including phenoxy) is 1. The van der Waals surface area contributed by atoms with Crippen molar-refractivity contribution < 1.29 is 4.74 Å². The molecule has 0 saturated carbocycles. The maximum absolute atomic E-state index is 5.90. The second-order valence-corrected chi connectivity index (χ2v) is 8.51. The van der Waals surface area contributed by atoms with Crippen molar-refractivity contribution in [1.82, 2.24) is 4.98 Å². The van der Waals surface area contributed by atoms with Crippen molar-refractivity contribution in [2.45, 2.75) is 18.4 Å². The normalized spacial score (nSPS) is 11.0. The van der Waals surface area contributed by atoms with Crippen LogP contribution in [0.5, 0.6) is 5.75 Å². The summed E-state index contributed by atoms with van der Waals surface area (Å²) in [6, 6.07) is 17.9. The highest BCUT2D eigenvalue weighted by atomic mass is 33.1. The molecule has 112 valence electrons. The highest BCUT2D eigenvalue weighted by Gasteiger charge is 2.04. The van der Waals surface area contributed by atoms with Gasteiger partial charge in [0.25, 0.3) is 0 Å². The van der Waals surface area contributed by atoms with Gasteiger partial charge in [-0.25, -0.2) is 0 Å². The number of hydrogen-bond acceptors (Lipinski definition) is 5. The van der Waals surface area contributed by atoms with Gasteiger partial charge in [0.05, 0.1) is 5.52 Å².